The van der Waals surface area contributed by atoms with Gasteiger partial charge in [-0.15, -0.1) is 0 Å². The van der Waals surface area contributed by atoms with Crippen LogP contribution >= 0.6 is 0 Å². The zero-order chi connectivity index (χ0) is 21.7. The standard InChI is InChI=1S/C21H27N3O6/c1-3-30-18(26)9-10-22-21(28)23-12-15-11-16(20(27)29-2)19(24(15)17(25)13-23)14-7-5-4-6-8-14/h4-8,15-16,19H,3,9-13H2,1-2H3,(H,22,28)/t15-,16-,19-/m0/s1. The molecule has 2 saturated heterocycles. The predicted octanol–water partition coefficient (Wildman–Crippen LogP) is 1.10. The molecule has 9 nitrogen and oxygen atoms in total. The number of methoxy groups -OCH3 is 1. The third-order valence-corrected chi connectivity index (χ3v) is 5.49. The first kappa shape index (κ1) is 21.6. The average Bonchev–Trinajstić information content (AvgIpc) is 3.14. The van der Waals surface area contributed by atoms with Crippen LogP contribution in [0.3, 0.4) is 0 Å². The maximum atomic E-state index is 13.0. The summed E-state index contributed by atoms with van der Waals surface area (Å²) >= 11 is 0. The van der Waals surface area contributed by atoms with Gasteiger partial charge >= 0.3 is 18.0 Å². The molecule has 1 aromatic rings. The number of nitrogens with one attached hydrogen (secondary N) is 1. The van der Waals surface area contributed by atoms with Crippen molar-refractivity contribution in [3.63, 3.8) is 0 Å². The summed E-state index contributed by atoms with van der Waals surface area (Å²) in [6.07, 6.45) is 0.488. The van der Waals surface area contributed by atoms with Gasteiger partial charge in [-0.2, -0.15) is 0 Å². The maximum Gasteiger partial charge on any atom is 0.317 e. The van der Waals surface area contributed by atoms with Gasteiger partial charge in [0.1, 0.15) is 6.54 Å². The minimum absolute atomic E-state index is 0.0669. The second-order valence-electron chi connectivity index (χ2n) is 7.34. The molecule has 1 N–H and O–H groups in total. The summed E-state index contributed by atoms with van der Waals surface area (Å²) < 4.78 is 9.82. The number of carbonyl (C=O) groups excluding carboxylic acids is 4. The summed E-state index contributed by atoms with van der Waals surface area (Å²) in [5, 5.41) is 2.65. The van der Waals surface area contributed by atoms with Gasteiger partial charge < -0.3 is 24.6 Å². The maximum absolute atomic E-state index is 13.0. The molecule has 1 aromatic carbocycles. The van der Waals surface area contributed by atoms with Crippen molar-refractivity contribution in [2.45, 2.75) is 31.8 Å². The summed E-state index contributed by atoms with van der Waals surface area (Å²) in [4.78, 5) is 52.5. The van der Waals surface area contributed by atoms with Crippen molar-refractivity contribution in [2.75, 3.05) is 33.4 Å². The zero-order valence-corrected chi connectivity index (χ0v) is 17.2. The quantitative estimate of drug-likeness (QED) is 0.695. The smallest absolute Gasteiger partial charge is 0.317 e. The molecule has 2 fully saturated rings. The molecule has 2 heterocycles. The molecule has 0 spiro atoms. The molecular weight excluding hydrogens is 390 g/mol. The number of urea groups is 1. The third kappa shape index (κ3) is 4.55. The molecule has 2 aliphatic rings. The van der Waals surface area contributed by atoms with E-state index in [2.05, 4.69) is 5.32 Å². The van der Waals surface area contributed by atoms with E-state index in [1.165, 1.54) is 12.0 Å². The second kappa shape index (κ2) is 9.60. The lowest BCUT2D eigenvalue weighted by Gasteiger charge is -2.40. The predicted molar refractivity (Wildman–Crippen MR) is 106 cm³/mol. The van der Waals surface area contributed by atoms with Crippen molar-refractivity contribution < 1.29 is 28.7 Å². The number of hydrogen-bond acceptors (Lipinski definition) is 6. The topological polar surface area (TPSA) is 105 Å². The van der Waals surface area contributed by atoms with E-state index in [1.807, 2.05) is 30.3 Å². The SMILES string of the molecule is CCOC(=O)CCNC(=O)N1CC(=O)N2[C@@H](C[C@H](C(=O)OC)[C@@H]2c2ccccc2)C1. The highest BCUT2D eigenvalue weighted by Gasteiger charge is 2.51. The molecule has 0 radical (unpaired) electrons. The zero-order valence-electron chi connectivity index (χ0n) is 17.2. The Bertz CT molecular complexity index is 799. The number of carbonyl (C=O) groups is 4. The van der Waals surface area contributed by atoms with Crippen LogP contribution in [0.25, 0.3) is 0 Å². The molecule has 2 aliphatic heterocycles. The molecule has 162 valence electrons. The van der Waals surface area contributed by atoms with E-state index >= 15 is 0 Å². The molecule has 30 heavy (non-hydrogen) atoms. The Morgan fingerprint density at radius 2 is 1.93 bits per heavy atom. The Morgan fingerprint density at radius 1 is 1.20 bits per heavy atom. The number of benzene rings is 1. The number of piperazine rings is 1. The van der Waals surface area contributed by atoms with Crippen molar-refractivity contribution >= 4 is 23.9 Å². The van der Waals surface area contributed by atoms with E-state index in [0.717, 1.165) is 5.56 Å². The van der Waals surface area contributed by atoms with Crippen LogP contribution in [-0.2, 0) is 23.9 Å². The van der Waals surface area contributed by atoms with Crippen LogP contribution in [0.4, 0.5) is 4.79 Å². The highest BCUT2D eigenvalue weighted by molar-refractivity contribution is 5.87. The van der Waals surface area contributed by atoms with Crippen LogP contribution in [0.15, 0.2) is 30.3 Å². The van der Waals surface area contributed by atoms with E-state index in [1.54, 1.807) is 11.8 Å². The van der Waals surface area contributed by atoms with Gasteiger partial charge in [0.15, 0.2) is 0 Å². The van der Waals surface area contributed by atoms with Crippen LogP contribution in [0.2, 0.25) is 0 Å². The number of ether oxygens (including phenoxy) is 2. The Balaban J connectivity index is 1.69. The Kier molecular flexibility index (Phi) is 6.91. The molecule has 3 amide bonds. The largest absolute Gasteiger partial charge is 0.469 e. The summed E-state index contributed by atoms with van der Waals surface area (Å²) in [6, 6.07) is 8.30. The van der Waals surface area contributed by atoms with Crippen molar-refractivity contribution in [1.82, 2.24) is 15.1 Å². The molecule has 9 heteroatoms. The molecule has 0 aliphatic carbocycles. The van der Waals surface area contributed by atoms with E-state index in [9.17, 15) is 19.2 Å². The van der Waals surface area contributed by atoms with Crippen LogP contribution in [-0.4, -0.2) is 73.1 Å². The fraction of sp³-hybridized carbons (Fsp3) is 0.524. The van der Waals surface area contributed by atoms with Crippen LogP contribution in [0.5, 0.6) is 0 Å². The molecule has 0 unspecified atom stereocenters. The summed E-state index contributed by atoms with van der Waals surface area (Å²) in [6.45, 7) is 2.36. The first-order valence-electron chi connectivity index (χ1n) is 10.1. The molecule has 0 saturated carbocycles. The normalized spacial score (nSPS) is 23.0. The minimum atomic E-state index is -0.488. The number of fused-ring (bicyclic) bond motifs is 1. The van der Waals surface area contributed by atoms with Gasteiger partial charge in [-0.25, -0.2) is 4.79 Å². The Hall–Kier alpha value is -3.10. The fourth-order valence-electron chi connectivity index (χ4n) is 4.23. The van der Waals surface area contributed by atoms with Crippen LogP contribution < -0.4 is 5.32 Å². The van der Waals surface area contributed by atoms with Gasteiger partial charge in [0.2, 0.25) is 5.91 Å². The third-order valence-electron chi connectivity index (χ3n) is 5.49. The highest BCUT2D eigenvalue weighted by Crippen LogP contribution is 2.43. The van der Waals surface area contributed by atoms with Gasteiger partial charge in [-0.05, 0) is 18.9 Å². The summed E-state index contributed by atoms with van der Waals surface area (Å²) in [7, 11) is 1.34. The van der Waals surface area contributed by atoms with Gasteiger partial charge in [0.05, 0.1) is 38.1 Å². The molecule has 0 aromatic heterocycles. The number of esters is 2. The fourth-order valence-corrected chi connectivity index (χ4v) is 4.23. The monoisotopic (exact) mass is 417 g/mol. The summed E-state index contributed by atoms with van der Waals surface area (Å²) in [5.41, 5.74) is 0.871. The number of amides is 3. The first-order chi connectivity index (χ1) is 14.5. The Labute approximate surface area is 175 Å². The van der Waals surface area contributed by atoms with Crippen molar-refractivity contribution in [3.05, 3.63) is 35.9 Å². The van der Waals surface area contributed by atoms with Gasteiger partial charge in [0.25, 0.3) is 0 Å². The number of rotatable bonds is 6. The van der Waals surface area contributed by atoms with Gasteiger partial charge in [-0.3, -0.25) is 14.4 Å². The van der Waals surface area contributed by atoms with E-state index < -0.39 is 18.0 Å². The number of nitrogens with zero attached hydrogens (tertiary/aromatic N) is 2. The van der Waals surface area contributed by atoms with Gasteiger partial charge in [0, 0.05) is 13.1 Å². The van der Waals surface area contributed by atoms with Crippen molar-refractivity contribution in [1.29, 1.82) is 0 Å². The van der Waals surface area contributed by atoms with E-state index in [0.29, 0.717) is 13.0 Å². The molecule has 3 rings (SSSR count). The first-order valence-corrected chi connectivity index (χ1v) is 10.1. The van der Waals surface area contributed by atoms with E-state index in [-0.39, 0.29) is 50.0 Å². The number of hydrogen-bond donors (Lipinski definition) is 1. The van der Waals surface area contributed by atoms with Gasteiger partial charge in [-0.1, -0.05) is 30.3 Å². The molecular formula is C21H27N3O6. The highest BCUT2D eigenvalue weighted by atomic mass is 16.5. The minimum Gasteiger partial charge on any atom is -0.469 e. The molecule has 3 atom stereocenters. The molecule has 0 bridgehead atoms. The second-order valence-corrected chi connectivity index (χ2v) is 7.34. The average molecular weight is 417 g/mol. The lowest BCUT2D eigenvalue weighted by Crippen LogP contribution is -2.57. The van der Waals surface area contributed by atoms with Crippen molar-refractivity contribution in [3.8, 4) is 0 Å². The lowest BCUT2D eigenvalue weighted by atomic mass is 9.93. The lowest BCUT2D eigenvalue weighted by molar-refractivity contribution is -0.147. The summed E-state index contributed by atoms with van der Waals surface area (Å²) in [5.74, 6) is -1.46. The Morgan fingerprint density at radius 3 is 2.60 bits per heavy atom. The van der Waals surface area contributed by atoms with Crippen LogP contribution in [0.1, 0.15) is 31.4 Å². The van der Waals surface area contributed by atoms with Crippen LogP contribution in [0, 0.1) is 5.92 Å². The van der Waals surface area contributed by atoms with Crippen molar-refractivity contribution in [2.24, 2.45) is 5.92 Å². The van der Waals surface area contributed by atoms with E-state index in [4.69, 9.17) is 9.47 Å².